The fourth-order valence-corrected chi connectivity index (χ4v) is 2.74. The van der Waals surface area contributed by atoms with Crippen molar-refractivity contribution < 1.29 is 19.1 Å². The third kappa shape index (κ3) is 4.31. The zero-order valence-corrected chi connectivity index (χ0v) is 14.6. The van der Waals surface area contributed by atoms with E-state index in [4.69, 9.17) is 15.2 Å². The number of anilines is 2. The van der Waals surface area contributed by atoms with Gasteiger partial charge in [0.2, 0.25) is 0 Å². The molecule has 1 saturated heterocycles. The van der Waals surface area contributed by atoms with Gasteiger partial charge in [-0.3, -0.25) is 0 Å². The summed E-state index contributed by atoms with van der Waals surface area (Å²) in [6.07, 6.45) is 0.303. The summed E-state index contributed by atoms with van der Waals surface area (Å²) in [5.41, 5.74) is 7.11. The number of carbonyl (C=O) groups excluding carboxylic acids is 2. The van der Waals surface area contributed by atoms with Crippen molar-refractivity contribution in [2.75, 3.05) is 30.8 Å². The number of amides is 1. The molecule has 1 aliphatic heterocycles. The van der Waals surface area contributed by atoms with Crippen LogP contribution in [0.3, 0.4) is 0 Å². The summed E-state index contributed by atoms with van der Waals surface area (Å²) in [6, 6.07) is 5.09. The van der Waals surface area contributed by atoms with E-state index in [1.54, 1.807) is 18.2 Å². The molecule has 1 aromatic carbocycles. The molecule has 3 N–H and O–H groups in total. The molecule has 0 radical (unpaired) electrons. The van der Waals surface area contributed by atoms with Crippen molar-refractivity contribution in [1.29, 1.82) is 0 Å². The van der Waals surface area contributed by atoms with Crippen molar-refractivity contribution in [3.05, 3.63) is 23.8 Å². The van der Waals surface area contributed by atoms with Gasteiger partial charge in [-0.25, -0.2) is 9.59 Å². The lowest BCUT2D eigenvalue weighted by Gasteiger charge is -2.24. The number of nitrogen functional groups attached to an aromatic ring is 1. The molecule has 24 heavy (non-hydrogen) atoms. The third-order valence-electron chi connectivity index (χ3n) is 3.70. The van der Waals surface area contributed by atoms with Gasteiger partial charge in [-0.15, -0.1) is 0 Å². The number of alkyl carbamates (subject to hydrolysis) is 1. The van der Waals surface area contributed by atoms with Crippen molar-refractivity contribution in [3.8, 4) is 0 Å². The van der Waals surface area contributed by atoms with Gasteiger partial charge in [0.05, 0.1) is 30.1 Å². The van der Waals surface area contributed by atoms with E-state index in [9.17, 15) is 9.59 Å². The standard InChI is InChI=1S/C17H25N3O4/c1-17(2,3)24-16(22)19-11-8-9-20(10-11)14-12(15(21)23-4)6-5-7-13(14)18/h5-7,11H,8-10,18H2,1-4H3,(H,19,22). The zero-order valence-electron chi connectivity index (χ0n) is 14.6. The Kier molecular flexibility index (Phi) is 5.21. The highest BCUT2D eigenvalue weighted by Gasteiger charge is 2.29. The minimum Gasteiger partial charge on any atom is -0.465 e. The van der Waals surface area contributed by atoms with Crippen LogP contribution >= 0.6 is 0 Å². The average molecular weight is 335 g/mol. The molecule has 7 heteroatoms. The van der Waals surface area contributed by atoms with Crippen molar-refractivity contribution in [3.63, 3.8) is 0 Å². The Bertz CT molecular complexity index is 625. The smallest absolute Gasteiger partial charge is 0.407 e. The summed E-state index contributed by atoms with van der Waals surface area (Å²) < 4.78 is 10.1. The summed E-state index contributed by atoms with van der Waals surface area (Å²) in [7, 11) is 1.34. The Morgan fingerprint density at radius 1 is 1.33 bits per heavy atom. The van der Waals surface area contributed by atoms with Gasteiger partial charge in [0.25, 0.3) is 0 Å². The van der Waals surface area contributed by atoms with Crippen LogP contribution in [0.2, 0.25) is 0 Å². The Morgan fingerprint density at radius 3 is 2.67 bits per heavy atom. The lowest BCUT2D eigenvalue weighted by molar-refractivity contribution is 0.0507. The Hall–Kier alpha value is -2.44. The number of hydrogen-bond donors (Lipinski definition) is 2. The van der Waals surface area contributed by atoms with Crippen molar-refractivity contribution >= 4 is 23.4 Å². The number of nitrogens with one attached hydrogen (secondary N) is 1. The van der Waals surface area contributed by atoms with Crippen LogP contribution < -0.4 is 16.0 Å². The van der Waals surface area contributed by atoms with Crippen molar-refractivity contribution in [2.24, 2.45) is 0 Å². The maximum Gasteiger partial charge on any atom is 0.407 e. The Balaban J connectivity index is 2.09. The molecule has 0 saturated carbocycles. The Labute approximate surface area is 142 Å². The van der Waals surface area contributed by atoms with Crippen LogP contribution in [0.1, 0.15) is 37.6 Å². The van der Waals surface area contributed by atoms with Crippen LogP contribution in [0, 0.1) is 0 Å². The molecule has 1 heterocycles. The highest BCUT2D eigenvalue weighted by molar-refractivity contribution is 5.99. The number of benzene rings is 1. The summed E-state index contributed by atoms with van der Waals surface area (Å²) in [5.74, 6) is -0.430. The van der Waals surface area contributed by atoms with Gasteiger partial charge in [-0.1, -0.05) is 6.07 Å². The molecule has 1 aromatic rings. The van der Waals surface area contributed by atoms with Gasteiger partial charge in [-0.05, 0) is 39.3 Å². The van der Waals surface area contributed by atoms with Crippen LogP contribution in [0.25, 0.3) is 0 Å². The maximum atomic E-state index is 12.0. The molecule has 0 spiro atoms. The van der Waals surface area contributed by atoms with Gasteiger partial charge in [-0.2, -0.15) is 0 Å². The van der Waals surface area contributed by atoms with E-state index in [2.05, 4.69) is 5.32 Å². The van der Waals surface area contributed by atoms with E-state index in [0.717, 1.165) is 6.42 Å². The topological polar surface area (TPSA) is 93.9 Å². The largest absolute Gasteiger partial charge is 0.465 e. The number of para-hydroxylation sites is 1. The highest BCUT2D eigenvalue weighted by atomic mass is 16.6. The minimum atomic E-state index is -0.537. The third-order valence-corrected chi connectivity index (χ3v) is 3.70. The van der Waals surface area contributed by atoms with Crippen LogP contribution in [-0.4, -0.2) is 43.9 Å². The molecule has 0 aliphatic carbocycles. The van der Waals surface area contributed by atoms with Gasteiger partial charge >= 0.3 is 12.1 Å². The molecule has 1 unspecified atom stereocenters. The predicted octanol–water partition coefficient (Wildman–Crippen LogP) is 2.16. The maximum absolute atomic E-state index is 12.0. The molecule has 132 valence electrons. The predicted molar refractivity (Wildman–Crippen MR) is 92.2 cm³/mol. The number of nitrogens with zero attached hydrogens (tertiary/aromatic N) is 1. The number of esters is 1. The first kappa shape index (κ1) is 17.9. The molecular formula is C17H25N3O4. The number of ether oxygens (including phenoxy) is 2. The van der Waals surface area contributed by atoms with Crippen molar-refractivity contribution in [2.45, 2.75) is 38.8 Å². The molecule has 0 bridgehead atoms. The highest BCUT2D eigenvalue weighted by Crippen LogP contribution is 2.31. The lowest BCUT2D eigenvalue weighted by Crippen LogP contribution is -2.40. The summed E-state index contributed by atoms with van der Waals surface area (Å²) >= 11 is 0. The quantitative estimate of drug-likeness (QED) is 0.649. The first-order valence-electron chi connectivity index (χ1n) is 7.92. The zero-order chi connectivity index (χ0) is 17.9. The molecule has 2 rings (SSSR count). The second-order valence-corrected chi connectivity index (χ2v) is 6.81. The van der Waals surface area contributed by atoms with Crippen LogP contribution in [-0.2, 0) is 9.47 Å². The van der Waals surface area contributed by atoms with E-state index in [1.165, 1.54) is 7.11 Å². The monoisotopic (exact) mass is 335 g/mol. The van der Waals surface area contributed by atoms with E-state index >= 15 is 0 Å². The van der Waals surface area contributed by atoms with Gasteiger partial charge < -0.3 is 25.4 Å². The second-order valence-electron chi connectivity index (χ2n) is 6.81. The number of nitrogens with two attached hydrogens (primary N) is 1. The molecular weight excluding hydrogens is 310 g/mol. The fourth-order valence-electron chi connectivity index (χ4n) is 2.74. The SMILES string of the molecule is COC(=O)c1cccc(N)c1N1CCC(NC(=O)OC(C)(C)C)C1. The molecule has 1 amide bonds. The minimum absolute atomic E-state index is 0.0649. The number of hydrogen-bond acceptors (Lipinski definition) is 6. The number of methoxy groups -OCH3 is 1. The summed E-state index contributed by atoms with van der Waals surface area (Å²) in [6.45, 7) is 6.69. The molecule has 7 nitrogen and oxygen atoms in total. The molecule has 1 aliphatic rings. The van der Waals surface area contributed by atoms with Gasteiger partial charge in [0.15, 0.2) is 0 Å². The molecule has 0 aromatic heterocycles. The summed E-state index contributed by atoms with van der Waals surface area (Å²) in [5, 5.41) is 2.86. The van der Waals surface area contributed by atoms with E-state index in [-0.39, 0.29) is 6.04 Å². The number of rotatable bonds is 3. The second kappa shape index (κ2) is 6.98. The van der Waals surface area contributed by atoms with Crippen molar-refractivity contribution in [1.82, 2.24) is 5.32 Å². The van der Waals surface area contributed by atoms with E-state index < -0.39 is 17.7 Å². The molecule has 1 atom stereocenters. The van der Waals surface area contributed by atoms with E-state index in [1.807, 2.05) is 25.7 Å². The van der Waals surface area contributed by atoms with E-state index in [0.29, 0.717) is 30.0 Å². The van der Waals surface area contributed by atoms with Gasteiger partial charge in [0, 0.05) is 13.1 Å². The average Bonchev–Trinajstić information content (AvgIpc) is 2.91. The molecule has 1 fully saturated rings. The lowest BCUT2D eigenvalue weighted by atomic mass is 10.1. The van der Waals surface area contributed by atoms with Crippen LogP contribution in [0.15, 0.2) is 18.2 Å². The number of carbonyl (C=O) groups is 2. The summed E-state index contributed by atoms with van der Waals surface area (Å²) in [4.78, 5) is 25.9. The first-order chi connectivity index (χ1) is 11.2. The van der Waals surface area contributed by atoms with Crippen LogP contribution in [0.4, 0.5) is 16.2 Å². The first-order valence-corrected chi connectivity index (χ1v) is 7.92. The fraction of sp³-hybridized carbons (Fsp3) is 0.529. The Morgan fingerprint density at radius 2 is 2.04 bits per heavy atom. The normalized spacial score (nSPS) is 17.5. The van der Waals surface area contributed by atoms with Gasteiger partial charge in [0.1, 0.15) is 5.60 Å². The van der Waals surface area contributed by atoms with Crippen LogP contribution in [0.5, 0.6) is 0 Å².